The molecule has 0 atom stereocenters. The molecule has 1 aliphatic rings. The molecule has 0 saturated heterocycles. The molecule has 1 aromatic heterocycles. The number of amides is 3. The maximum Gasteiger partial charge on any atom is 0.522 e. The van der Waals surface area contributed by atoms with Crippen LogP contribution in [0.3, 0.4) is 0 Å². The van der Waals surface area contributed by atoms with E-state index < -0.39 is 7.05 Å². The summed E-state index contributed by atoms with van der Waals surface area (Å²) in [6.45, 7) is 2.47. The first-order valence-electron chi connectivity index (χ1n) is 10.5. The van der Waals surface area contributed by atoms with Gasteiger partial charge in [-0.1, -0.05) is 48.7 Å². The third-order valence-corrected chi connectivity index (χ3v) is 5.24. The Morgan fingerprint density at radius 1 is 1.23 bits per heavy atom. The van der Waals surface area contributed by atoms with E-state index in [1.807, 2.05) is 12.1 Å². The molecule has 0 radical (unpaired) electrons. The van der Waals surface area contributed by atoms with Crippen LogP contribution in [0, 0.1) is 6.92 Å². The van der Waals surface area contributed by atoms with E-state index in [2.05, 4.69) is 21.0 Å². The third-order valence-electron chi connectivity index (χ3n) is 5.24. The summed E-state index contributed by atoms with van der Waals surface area (Å²) in [5.74, 6) is 0.287. The van der Waals surface area contributed by atoms with Crippen molar-refractivity contribution in [2.75, 3.05) is 6.54 Å². The fourth-order valence-corrected chi connectivity index (χ4v) is 3.59. The predicted molar refractivity (Wildman–Crippen MR) is 115 cm³/mol. The van der Waals surface area contributed by atoms with Crippen molar-refractivity contribution in [3.05, 3.63) is 47.3 Å². The molecule has 0 bridgehead atoms. The average Bonchev–Trinajstić information content (AvgIpc) is 3.21. The van der Waals surface area contributed by atoms with E-state index in [-0.39, 0.29) is 23.7 Å². The van der Waals surface area contributed by atoms with Crippen LogP contribution in [0.4, 0.5) is 4.79 Å². The lowest BCUT2D eigenvalue weighted by atomic mass is 9.73. The minimum absolute atomic E-state index is 0.157. The van der Waals surface area contributed by atoms with Gasteiger partial charge in [-0.15, -0.1) is 0 Å². The van der Waals surface area contributed by atoms with Gasteiger partial charge in [0.25, 0.3) is 12.4 Å². The Labute approximate surface area is 181 Å². The van der Waals surface area contributed by atoms with Crippen molar-refractivity contribution in [2.24, 2.45) is 0 Å². The highest BCUT2D eigenvalue weighted by molar-refractivity contribution is 6.68. The highest BCUT2D eigenvalue weighted by Crippen LogP contribution is 2.17. The number of urea groups is 1. The van der Waals surface area contributed by atoms with Crippen LogP contribution in [-0.2, 0) is 15.9 Å². The van der Waals surface area contributed by atoms with Crippen molar-refractivity contribution in [3.8, 4) is 0 Å². The number of nitrogens with one attached hydrogen (secondary N) is 3. The summed E-state index contributed by atoms with van der Waals surface area (Å²) in [4.78, 5) is 35.2. The van der Waals surface area contributed by atoms with Gasteiger partial charge in [0.05, 0.1) is 0 Å². The molecule has 1 heterocycles. The van der Waals surface area contributed by atoms with Gasteiger partial charge in [0.2, 0.25) is 0 Å². The Balaban J connectivity index is 1.49. The molecule has 1 aromatic carbocycles. The van der Waals surface area contributed by atoms with Gasteiger partial charge in [-0.25, -0.2) is 0 Å². The normalized spacial score (nSPS) is 13.8. The first kappa shape index (κ1) is 22.4. The van der Waals surface area contributed by atoms with Gasteiger partial charge in [-0.05, 0) is 37.2 Å². The van der Waals surface area contributed by atoms with Gasteiger partial charge >= 0.3 is 13.1 Å². The van der Waals surface area contributed by atoms with E-state index in [0.717, 1.165) is 31.2 Å². The summed E-state index contributed by atoms with van der Waals surface area (Å²) in [6, 6.07) is 8.68. The first-order valence-corrected chi connectivity index (χ1v) is 10.5. The smallest absolute Gasteiger partial charge is 0.513 e. The fraction of sp³-hybridized carbons (Fsp3) is 0.429. The predicted octanol–water partition coefficient (Wildman–Crippen LogP) is 1.46. The van der Waals surface area contributed by atoms with Gasteiger partial charge in [0, 0.05) is 18.7 Å². The molecular weight excluding hydrogens is 399 g/mol. The third kappa shape index (κ3) is 6.87. The maximum atomic E-state index is 12.3. The van der Waals surface area contributed by atoms with Gasteiger partial charge in [-0.3, -0.25) is 14.4 Å². The Kier molecular flexibility index (Phi) is 8.08. The SMILES string of the molecule is Cc1cc(C(=O)NCCc2ccc(B(NC(=O)NC3CCCCC3)OC=O)cc2)no1. The molecule has 10 heteroatoms. The molecule has 9 nitrogen and oxygen atoms in total. The van der Waals surface area contributed by atoms with E-state index in [9.17, 15) is 14.4 Å². The Morgan fingerprint density at radius 3 is 2.61 bits per heavy atom. The Morgan fingerprint density at radius 2 is 1.97 bits per heavy atom. The standard InChI is InChI=1S/C21H27BN4O5/c1-15-13-19(26-31-15)20(28)23-12-11-16-7-9-17(10-8-16)22(30-14-27)25-21(29)24-18-5-3-2-4-6-18/h7-10,13-14,18H,2-6,11-12H2,1H3,(H,23,28)(H2,24,25,29). The second-order valence-electron chi connectivity index (χ2n) is 7.64. The molecule has 2 aromatic rings. The zero-order valence-electron chi connectivity index (χ0n) is 17.6. The molecule has 0 aliphatic heterocycles. The largest absolute Gasteiger partial charge is 0.522 e. The summed E-state index contributed by atoms with van der Waals surface area (Å²) in [7, 11) is -0.870. The van der Waals surface area contributed by atoms with Crippen molar-refractivity contribution in [1.29, 1.82) is 0 Å². The van der Waals surface area contributed by atoms with E-state index in [0.29, 0.717) is 30.7 Å². The number of carbonyl (C=O) groups is 3. The van der Waals surface area contributed by atoms with E-state index >= 15 is 0 Å². The van der Waals surface area contributed by atoms with E-state index in [1.165, 1.54) is 6.42 Å². The second kappa shape index (κ2) is 11.2. The molecular formula is C21H27BN4O5. The molecule has 1 saturated carbocycles. The number of aryl methyl sites for hydroxylation is 1. The van der Waals surface area contributed by atoms with Crippen LogP contribution >= 0.6 is 0 Å². The second-order valence-corrected chi connectivity index (χ2v) is 7.64. The van der Waals surface area contributed by atoms with Crippen LogP contribution in [0.2, 0.25) is 0 Å². The minimum Gasteiger partial charge on any atom is -0.513 e. The van der Waals surface area contributed by atoms with Gasteiger partial charge in [0.15, 0.2) is 5.69 Å². The molecule has 0 unspecified atom stereocenters. The van der Waals surface area contributed by atoms with Crippen LogP contribution in [-0.4, -0.2) is 43.2 Å². The number of hydrogen-bond acceptors (Lipinski definition) is 6. The fourth-order valence-electron chi connectivity index (χ4n) is 3.59. The maximum absolute atomic E-state index is 12.3. The highest BCUT2D eigenvalue weighted by atomic mass is 16.5. The van der Waals surface area contributed by atoms with Crippen molar-refractivity contribution < 1.29 is 23.6 Å². The van der Waals surface area contributed by atoms with Crippen molar-refractivity contribution in [2.45, 2.75) is 51.5 Å². The van der Waals surface area contributed by atoms with Crippen molar-refractivity contribution in [1.82, 2.24) is 21.0 Å². The lowest BCUT2D eigenvalue weighted by Crippen LogP contribution is -2.55. The van der Waals surface area contributed by atoms with Crippen LogP contribution in [0.1, 0.15) is 53.9 Å². The van der Waals surface area contributed by atoms with Crippen molar-refractivity contribution >= 4 is 30.9 Å². The summed E-state index contributed by atoms with van der Waals surface area (Å²) in [5, 5.41) is 12.1. The van der Waals surface area contributed by atoms with E-state index in [4.69, 9.17) is 9.18 Å². The number of rotatable bonds is 9. The molecule has 3 amide bonds. The van der Waals surface area contributed by atoms with Crippen LogP contribution < -0.4 is 21.3 Å². The summed E-state index contributed by atoms with van der Waals surface area (Å²) in [5.41, 5.74) is 1.88. The van der Waals surface area contributed by atoms with E-state index in [1.54, 1.807) is 25.1 Å². The number of nitrogens with zero attached hydrogens (tertiary/aromatic N) is 1. The number of carbonyl (C=O) groups excluding carboxylic acids is 3. The molecule has 1 aliphatic carbocycles. The summed E-state index contributed by atoms with van der Waals surface area (Å²) >= 11 is 0. The summed E-state index contributed by atoms with van der Waals surface area (Å²) < 4.78 is 9.96. The Bertz CT molecular complexity index is 880. The van der Waals surface area contributed by atoms with Gasteiger partial charge in [0.1, 0.15) is 5.76 Å². The number of hydrogen-bond donors (Lipinski definition) is 3. The lowest BCUT2D eigenvalue weighted by molar-refractivity contribution is -0.121. The molecule has 3 N–H and O–H groups in total. The monoisotopic (exact) mass is 426 g/mol. The molecule has 3 rings (SSSR count). The molecule has 0 spiro atoms. The van der Waals surface area contributed by atoms with Gasteiger partial charge in [-0.2, -0.15) is 0 Å². The molecule has 164 valence electrons. The van der Waals surface area contributed by atoms with Crippen LogP contribution in [0.5, 0.6) is 0 Å². The summed E-state index contributed by atoms with van der Waals surface area (Å²) in [6.07, 6.45) is 5.96. The first-order chi connectivity index (χ1) is 15.0. The highest BCUT2D eigenvalue weighted by Gasteiger charge is 2.25. The number of aromatic nitrogens is 1. The van der Waals surface area contributed by atoms with Crippen LogP contribution in [0.25, 0.3) is 0 Å². The topological polar surface area (TPSA) is 123 Å². The number of benzene rings is 1. The zero-order valence-corrected chi connectivity index (χ0v) is 17.6. The Hall–Kier alpha value is -3.30. The lowest BCUT2D eigenvalue weighted by Gasteiger charge is -2.23. The minimum atomic E-state index is -0.870. The average molecular weight is 426 g/mol. The van der Waals surface area contributed by atoms with Crippen molar-refractivity contribution in [3.63, 3.8) is 0 Å². The quantitative estimate of drug-likeness (QED) is 0.412. The zero-order chi connectivity index (χ0) is 22.1. The van der Waals surface area contributed by atoms with Gasteiger partial charge < -0.3 is 25.0 Å². The molecule has 1 fully saturated rings. The molecule has 31 heavy (non-hydrogen) atoms. The van der Waals surface area contributed by atoms with Crippen LogP contribution in [0.15, 0.2) is 34.9 Å².